The van der Waals surface area contributed by atoms with E-state index in [4.69, 9.17) is 23.2 Å². The van der Waals surface area contributed by atoms with E-state index in [1.54, 1.807) is 18.2 Å². The van der Waals surface area contributed by atoms with E-state index in [2.05, 4.69) is 11.8 Å². The lowest BCUT2D eigenvalue weighted by Gasteiger charge is -2.25. The molecule has 0 saturated carbocycles. The summed E-state index contributed by atoms with van der Waals surface area (Å²) in [4.78, 5) is 23.7. The van der Waals surface area contributed by atoms with Crippen molar-refractivity contribution in [2.75, 3.05) is 6.54 Å². The van der Waals surface area contributed by atoms with E-state index in [1.807, 2.05) is 13.8 Å². The highest BCUT2D eigenvalue weighted by Crippen LogP contribution is 2.18. The predicted molar refractivity (Wildman–Crippen MR) is 93.6 cm³/mol. The monoisotopic (exact) mass is 371 g/mol. The summed E-state index contributed by atoms with van der Waals surface area (Å²) in [7, 11) is 0. The van der Waals surface area contributed by atoms with Crippen molar-refractivity contribution < 1.29 is 19.8 Å². The SMILES string of the molecule is CC(C)CCN(C(=O)O)C(CC#Cc1cc(Cl)cc(Cl)c1)C(=O)O. The molecule has 2 N–H and O–H groups in total. The third-order valence-corrected chi connectivity index (χ3v) is 3.68. The van der Waals surface area contributed by atoms with E-state index in [-0.39, 0.29) is 18.9 Å². The maximum absolute atomic E-state index is 11.4. The summed E-state index contributed by atoms with van der Waals surface area (Å²) in [5.74, 6) is 4.52. The largest absolute Gasteiger partial charge is 0.480 e. The number of carbonyl (C=O) groups is 2. The first-order valence-corrected chi connectivity index (χ1v) is 8.13. The number of hydrogen-bond donors (Lipinski definition) is 2. The minimum Gasteiger partial charge on any atom is -0.480 e. The summed E-state index contributed by atoms with van der Waals surface area (Å²) in [6.45, 7) is 4.03. The molecule has 1 aromatic rings. The Kier molecular flexibility index (Phi) is 7.90. The number of hydrogen-bond acceptors (Lipinski definition) is 2. The zero-order valence-corrected chi connectivity index (χ0v) is 14.9. The topological polar surface area (TPSA) is 77.8 Å². The average molecular weight is 372 g/mol. The van der Waals surface area contributed by atoms with Crippen molar-refractivity contribution in [3.8, 4) is 11.8 Å². The van der Waals surface area contributed by atoms with E-state index < -0.39 is 18.1 Å². The number of amides is 1. The van der Waals surface area contributed by atoms with Crippen molar-refractivity contribution in [1.29, 1.82) is 0 Å². The van der Waals surface area contributed by atoms with Crippen LogP contribution in [0, 0.1) is 17.8 Å². The second-order valence-electron chi connectivity index (χ2n) is 5.68. The first-order chi connectivity index (χ1) is 11.2. The molecular weight excluding hydrogens is 353 g/mol. The van der Waals surface area contributed by atoms with Crippen molar-refractivity contribution in [3.05, 3.63) is 33.8 Å². The number of nitrogens with zero attached hydrogens (tertiary/aromatic N) is 1. The maximum atomic E-state index is 11.4. The van der Waals surface area contributed by atoms with E-state index in [0.29, 0.717) is 22.0 Å². The summed E-state index contributed by atoms with van der Waals surface area (Å²) in [6.07, 6.45) is -0.812. The Hall–Kier alpha value is -1.90. The van der Waals surface area contributed by atoms with Crippen molar-refractivity contribution in [3.63, 3.8) is 0 Å². The van der Waals surface area contributed by atoms with Crippen molar-refractivity contribution in [2.24, 2.45) is 5.92 Å². The molecule has 0 spiro atoms. The number of halogens is 2. The summed E-state index contributed by atoms with van der Waals surface area (Å²) in [5.41, 5.74) is 0.542. The molecule has 1 unspecified atom stereocenters. The summed E-state index contributed by atoms with van der Waals surface area (Å²) >= 11 is 11.7. The Morgan fingerprint density at radius 3 is 2.21 bits per heavy atom. The molecule has 130 valence electrons. The smallest absolute Gasteiger partial charge is 0.408 e. The van der Waals surface area contributed by atoms with Crippen molar-refractivity contribution >= 4 is 35.3 Å². The number of aliphatic carboxylic acids is 1. The van der Waals surface area contributed by atoms with Crippen LogP contribution in [0.15, 0.2) is 18.2 Å². The first kappa shape index (κ1) is 20.1. The van der Waals surface area contributed by atoms with Gasteiger partial charge in [-0.2, -0.15) is 0 Å². The van der Waals surface area contributed by atoms with Crippen LogP contribution in [0.25, 0.3) is 0 Å². The van der Waals surface area contributed by atoms with Crippen LogP contribution < -0.4 is 0 Å². The second kappa shape index (κ2) is 9.41. The molecule has 0 aliphatic carbocycles. The molecule has 5 nitrogen and oxygen atoms in total. The Balaban J connectivity index is 2.90. The first-order valence-electron chi connectivity index (χ1n) is 7.38. The Bertz CT molecular complexity index is 644. The highest BCUT2D eigenvalue weighted by molar-refractivity contribution is 6.34. The average Bonchev–Trinajstić information content (AvgIpc) is 2.43. The lowest BCUT2D eigenvalue weighted by atomic mass is 10.1. The second-order valence-corrected chi connectivity index (χ2v) is 6.55. The summed E-state index contributed by atoms with van der Waals surface area (Å²) < 4.78 is 0. The Morgan fingerprint density at radius 1 is 1.17 bits per heavy atom. The predicted octanol–water partition coefficient (Wildman–Crippen LogP) is 4.21. The van der Waals surface area contributed by atoms with Gasteiger partial charge >= 0.3 is 12.1 Å². The molecule has 1 atom stereocenters. The molecule has 24 heavy (non-hydrogen) atoms. The van der Waals surface area contributed by atoms with Gasteiger partial charge in [0.25, 0.3) is 0 Å². The fourth-order valence-corrected chi connectivity index (χ4v) is 2.51. The fraction of sp³-hybridized carbons (Fsp3) is 0.412. The molecule has 7 heteroatoms. The van der Waals surface area contributed by atoms with E-state index in [1.165, 1.54) is 0 Å². The van der Waals surface area contributed by atoms with Crippen LogP contribution in [0.4, 0.5) is 4.79 Å². The van der Waals surface area contributed by atoms with Crippen molar-refractivity contribution in [1.82, 2.24) is 4.90 Å². The number of rotatable bonds is 6. The van der Waals surface area contributed by atoms with Crippen molar-refractivity contribution in [2.45, 2.75) is 32.7 Å². The van der Waals surface area contributed by atoms with Gasteiger partial charge in [-0.15, -0.1) is 0 Å². The lowest BCUT2D eigenvalue weighted by Crippen LogP contribution is -2.45. The van der Waals surface area contributed by atoms with Gasteiger partial charge in [0.2, 0.25) is 0 Å². The van der Waals surface area contributed by atoms with E-state index >= 15 is 0 Å². The number of carboxylic acid groups (broad SMARTS) is 2. The molecular formula is C17H19Cl2NO4. The molecule has 0 bridgehead atoms. The Morgan fingerprint density at radius 2 is 1.75 bits per heavy atom. The highest BCUT2D eigenvalue weighted by Gasteiger charge is 2.28. The third kappa shape index (κ3) is 6.69. The molecule has 1 aromatic carbocycles. The van der Waals surface area contributed by atoms with Gasteiger partial charge in [-0.05, 0) is 30.5 Å². The molecule has 0 aliphatic rings. The number of benzene rings is 1. The zero-order chi connectivity index (χ0) is 18.3. The van der Waals surface area contributed by atoms with Crippen LogP contribution in [0.5, 0.6) is 0 Å². The molecule has 0 aromatic heterocycles. The molecule has 0 radical (unpaired) electrons. The van der Waals surface area contributed by atoms with Crippen LogP contribution in [0.3, 0.4) is 0 Å². The highest BCUT2D eigenvalue weighted by atomic mass is 35.5. The van der Waals surface area contributed by atoms with Crippen LogP contribution in [-0.4, -0.2) is 39.8 Å². The standard InChI is InChI=1S/C17H19Cl2NO4/c1-11(2)6-7-20(17(23)24)15(16(21)22)5-3-4-12-8-13(18)10-14(19)9-12/h8-11,15H,5-7H2,1-2H3,(H,21,22)(H,23,24). The summed E-state index contributed by atoms with van der Waals surface area (Å²) in [6, 6.07) is 3.55. The molecule has 1 rings (SSSR count). The molecule has 0 fully saturated rings. The maximum Gasteiger partial charge on any atom is 0.408 e. The summed E-state index contributed by atoms with van der Waals surface area (Å²) in [5, 5.41) is 19.4. The van der Waals surface area contributed by atoms with Gasteiger partial charge in [0, 0.05) is 28.6 Å². The van der Waals surface area contributed by atoms with E-state index in [0.717, 1.165) is 4.90 Å². The molecule has 0 saturated heterocycles. The number of carboxylic acids is 1. The van der Waals surface area contributed by atoms with Gasteiger partial charge in [-0.1, -0.05) is 48.9 Å². The third-order valence-electron chi connectivity index (χ3n) is 3.25. The van der Waals surface area contributed by atoms with Crippen LogP contribution in [0.2, 0.25) is 10.0 Å². The molecule has 0 aliphatic heterocycles. The van der Waals surface area contributed by atoms with Gasteiger partial charge in [-0.3, -0.25) is 4.90 Å². The molecule has 0 heterocycles. The van der Waals surface area contributed by atoms with E-state index in [9.17, 15) is 19.8 Å². The van der Waals surface area contributed by atoms with Gasteiger partial charge in [-0.25, -0.2) is 9.59 Å². The minimum absolute atomic E-state index is 0.121. The lowest BCUT2D eigenvalue weighted by molar-refractivity contribution is -0.142. The van der Waals surface area contributed by atoms with Gasteiger partial charge in [0.1, 0.15) is 6.04 Å². The Labute approximate surface area is 151 Å². The quantitative estimate of drug-likeness (QED) is 0.733. The van der Waals surface area contributed by atoms with Gasteiger partial charge in [0.05, 0.1) is 0 Å². The van der Waals surface area contributed by atoms with Crippen LogP contribution >= 0.6 is 23.2 Å². The van der Waals surface area contributed by atoms with Gasteiger partial charge in [0.15, 0.2) is 0 Å². The van der Waals surface area contributed by atoms with Crippen LogP contribution in [-0.2, 0) is 4.79 Å². The minimum atomic E-state index is -1.27. The normalized spacial score (nSPS) is 11.5. The van der Waals surface area contributed by atoms with Crippen LogP contribution in [0.1, 0.15) is 32.3 Å². The molecule has 1 amide bonds. The fourth-order valence-electron chi connectivity index (χ4n) is 1.99. The van der Waals surface area contributed by atoms with Gasteiger partial charge < -0.3 is 10.2 Å². The zero-order valence-electron chi connectivity index (χ0n) is 13.4.